The van der Waals surface area contributed by atoms with Gasteiger partial charge in [-0.2, -0.15) is 0 Å². The molecule has 2 aliphatic rings. The largest absolute Gasteiger partial charge is 0.508 e. The topological polar surface area (TPSA) is 64.6 Å². The molecule has 5 heteroatoms. The fourth-order valence-electron chi connectivity index (χ4n) is 4.19. The van der Waals surface area contributed by atoms with E-state index in [2.05, 4.69) is 43.2 Å². The molecule has 5 nitrogen and oxygen atoms in total. The fourth-order valence-corrected chi connectivity index (χ4v) is 4.19. The molecule has 0 bridgehead atoms. The zero-order valence-electron chi connectivity index (χ0n) is 17.2. The lowest BCUT2D eigenvalue weighted by molar-refractivity contribution is -0.124. The van der Waals surface area contributed by atoms with Crippen molar-refractivity contribution >= 4 is 5.91 Å². The van der Waals surface area contributed by atoms with Crippen LogP contribution >= 0.6 is 0 Å². The lowest BCUT2D eigenvalue weighted by atomic mass is 9.88. The van der Waals surface area contributed by atoms with E-state index in [1.54, 1.807) is 12.1 Å². The first-order valence-electron chi connectivity index (χ1n) is 10.4. The van der Waals surface area contributed by atoms with Gasteiger partial charge in [-0.15, -0.1) is 0 Å². The Morgan fingerprint density at radius 3 is 2.78 bits per heavy atom. The number of phenolic OH excluding ortho intramolecular Hbond substituents is 1. The van der Waals surface area contributed by atoms with E-state index in [0.717, 1.165) is 42.6 Å². The van der Waals surface area contributed by atoms with Crippen LogP contribution in [-0.4, -0.2) is 47.6 Å². The van der Waals surface area contributed by atoms with Crippen LogP contribution in [0.5, 0.6) is 5.75 Å². The third-order valence-corrected chi connectivity index (χ3v) is 6.47. The van der Waals surface area contributed by atoms with Crippen molar-refractivity contribution in [3.05, 3.63) is 29.3 Å². The Morgan fingerprint density at radius 2 is 2.07 bits per heavy atom. The van der Waals surface area contributed by atoms with Crippen LogP contribution in [-0.2, 0) is 17.8 Å². The second-order valence-corrected chi connectivity index (χ2v) is 8.95. The first-order chi connectivity index (χ1) is 12.8. The Kier molecular flexibility index (Phi) is 6.43. The maximum Gasteiger partial charge on any atom is 0.237 e. The number of carbonyl (C=O) groups excluding carboxylic acids is 1. The number of aromatic hydroxyl groups is 1. The number of nitrogens with zero attached hydrogens (tertiary/aromatic N) is 1. The van der Waals surface area contributed by atoms with E-state index < -0.39 is 0 Å². The zero-order chi connectivity index (χ0) is 19.6. The van der Waals surface area contributed by atoms with Crippen LogP contribution < -0.4 is 10.6 Å². The number of hydrogen-bond donors (Lipinski definition) is 3. The SMILES string of the molecule is CC(C)[C@@H](CN1CC[C@@H](C)[C@H](C)C1)NC(=O)C1Cc2ccc(O)cc2CN1. The van der Waals surface area contributed by atoms with Gasteiger partial charge in [0, 0.05) is 25.7 Å². The van der Waals surface area contributed by atoms with Crippen molar-refractivity contribution in [3.8, 4) is 5.75 Å². The summed E-state index contributed by atoms with van der Waals surface area (Å²) in [6.45, 7) is 12.9. The molecule has 1 saturated heterocycles. The molecule has 1 unspecified atom stereocenters. The molecular weight excluding hydrogens is 338 g/mol. The molecule has 0 aromatic heterocycles. The van der Waals surface area contributed by atoms with Crippen molar-refractivity contribution in [2.24, 2.45) is 17.8 Å². The average Bonchev–Trinajstić information content (AvgIpc) is 2.63. The zero-order valence-corrected chi connectivity index (χ0v) is 17.2. The van der Waals surface area contributed by atoms with E-state index in [0.29, 0.717) is 18.9 Å². The lowest BCUT2D eigenvalue weighted by Crippen LogP contribution is -2.55. The van der Waals surface area contributed by atoms with Gasteiger partial charge in [-0.25, -0.2) is 0 Å². The minimum atomic E-state index is -0.205. The molecule has 0 saturated carbocycles. The van der Waals surface area contributed by atoms with E-state index in [1.165, 1.54) is 6.42 Å². The number of hydrogen-bond acceptors (Lipinski definition) is 4. The maximum absolute atomic E-state index is 12.9. The second kappa shape index (κ2) is 8.61. The standard InChI is InChI=1S/C22H35N3O2/c1-14(2)21(13-25-8-7-15(3)16(4)12-25)24-22(27)20-10-17-5-6-19(26)9-18(17)11-23-20/h5-6,9,14-16,20-21,23,26H,7-8,10-13H2,1-4H3,(H,24,27)/t15-,16-,20?,21-/m1/s1. The first kappa shape index (κ1) is 20.2. The molecule has 1 aromatic carbocycles. The Labute approximate surface area is 163 Å². The molecule has 4 atom stereocenters. The molecule has 0 aliphatic carbocycles. The van der Waals surface area contributed by atoms with Crippen LogP contribution in [0.2, 0.25) is 0 Å². The molecule has 0 spiro atoms. The lowest BCUT2D eigenvalue weighted by Gasteiger charge is -2.38. The Balaban J connectivity index is 1.58. The van der Waals surface area contributed by atoms with Crippen molar-refractivity contribution in [2.75, 3.05) is 19.6 Å². The summed E-state index contributed by atoms with van der Waals surface area (Å²) in [5.41, 5.74) is 2.22. The van der Waals surface area contributed by atoms with Gasteiger partial charge in [0.15, 0.2) is 0 Å². The number of carbonyl (C=O) groups is 1. The van der Waals surface area contributed by atoms with Crippen LogP contribution in [0.3, 0.4) is 0 Å². The molecule has 1 aromatic rings. The van der Waals surface area contributed by atoms with Gasteiger partial charge in [-0.05, 0) is 60.4 Å². The predicted molar refractivity (Wildman–Crippen MR) is 109 cm³/mol. The van der Waals surface area contributed by atoms with Crippen molar-refractivity contribution in [1.82, 2.24) is 15.5 Å². The average molecular weight is 374 g/mol. The summed E-state index contributed by atoms with van der Waals surface area (Å²) in [5.74, 6) is 2.28. The van der Waals surface area contributed by atoms with E-state index in [9.17, 15) is 9.90 Å². The van der Waals surface area contributed by atoms with Gasteiger partial charge in [0.2, 0.25) is 5.91 Å². The molecule has 1 amide bonds. The number of nitrogens with one attached hydrogen (secondary N) is 2. The second-order valence-electron chi connectivity index (χ2n) is 8.95. The number of amides is 1. The van der Waals surface area contributed by atoms with E-state index in [4.69, 9.17) is 0 Å². The van der Waals surface area contributed by atoms with E-state index in [-0.39, 0.29) is 23.7 Å². The third-order valence-electron chi connectivity index (χ3n) is 6.47. The van der Waals surface area contributed by atoms with Crippen molar-refractivity contribution in [3.63, 3.8) is 0 Å². The summed E-state index contributed by atoms with van der Waals surface area (Å²) in [5, 5.41) is 16.3. The van der Waals surface area contributed by atoms with E-state index in [1.807, 2.05) is 6.07 Å². The third kappa shape index (κ3) is 5.02. The minimum Gasteiger partial charge on any atom is -0.508 e. The molecule has 3 N–H and O–H groups in total. The van der Waals surface area contributed by atoms with Crippen LogP contribution in [0, 0.1) is 17.8 Å². The number of piperidine rings is 1. The van der Waals surface area contributed by atoms with Gasteiger partial charge in [0.1, 0.15) is 5.75 Å². The Morgan fingerprint density at radius 1 is 1.30 bits per heavy atom. The van der Waals surface area contributed by atoms with Gasteiger partial charge < -0.3 is 20.6 Å². The summed E-state index contributed by atoms with van der Waals surface area (Å²) in [6.07, 6.45) is 1.91. The first-order valence-corrected chi connectivity index (χ1v) is 10.4. The highest BCUT2D eigenvalue weighted by Gasteiger charge is 2.29. The number of benzene rings is 1. The summed E-state index contributed by atoms with van der Waals surface area (Å²) in [4.78, 5) is 15.4. The number of phenols is 1. The monoisotopic (exact) mass is 373 g/mol. The van der Waals surface area contributed by atoms with Crippen molar-refractivity contribution in [2.45, 2.75) is 59.2 Å². The van der Waals surface area contributed by atoms with Crippen molar-refractivity contribution < 1.29 is 9.90 Å². The highest BCUT2D eigenvalue weighted by atomic mass is 16.3. The van der Waals surface area contributed by atoms with Crippen LogP contribution in [0.4, 0.5) is 0 Å². The van der Waals surface area contributed by atoms with Crippen LogP contribution in [0.15, 0.2) is 18.2 Å². The van der Waals surface area contributed by atoms with Gasteiger partial charge in [-0.3, -0.25) is 4.79 Å². The molecule has 150 valence electrons. The van der Waals surface area contributed by atoms with E-state index >= 15 is 0 Å². The smallest absolute Gasteiger partial charge is 0.237 e. The van der Waals surface area contributed by atoms with Gasteiger partial charge >= 0.3 is 0 Å². The number of rotatable bonds is 5. The molecule has 2 heterocycles. The number of fused-ring (bicyclic) bond motifs is 1. The molecular formula is C22H35N3O2. The molecule has 0 radical (unpaired) electrons. The summed E-state index contributed by atoms with van der Waals surface area (Å²) < 4.78 is 0. The van der Waals surface area contributed by atoms with Gasteiger partial charge in [0.25, 0.3) is 0 Å². The fraction of sp³-hybridized carbons (Fsp3) is 0.682. The predicted octanol–water partition coefficient (Wildman–Crippen LogP) is 2.53. The van der Waals surface area contributed by atoms with Gasteiger partial charge in [0.05, 0.1) is 6.04 Å². The summed E-state index contributed by atoms with van der Waals surface area (Å²) >= 11 is 0. The normalized spacial score (nSPS) is 27.2. The maximum atomic E-state index is 12.9. The highest BCUT2D eigenvalue weighted by Crippen LogP contribution is 2.24. The molecule has 3 rings (SSSR count). The molecule has 1 fully saturated rings. The molecule has 27 heavy (non-hydrogen) atoms. The van der Waals surface area contributed by atoms with Crippen LogP contribution in [0.25, 0.3) is 0 Å². The Bertz CT molecular complexity index is 661. The van der Waals surface area contributed by atoms with Crippen molar-refractivity contribution in [1.29, 1.82) is 0 Å². The Hall–Kier alpha value is -1.59. The highest BCUT2D eigenvalue weighted by molar-refractivity contribution is 5.82. The number of likely N-dealkylation sites (tertiary alicyclic amines) is 1. The minimum absolute atomic E-state index is 0.0888. The molecule has 2 aliphatic heterocycles. The van der Waals surface area contributed by atoms with Gasteiger partial charge in [-0.1, -0.05) is 33.8 Å². The quantitative estimate of drug-likeness (QED) is 0.742. The summed E-state index contributed by atoms with van der Waals surface area (Å²) in [7, 11) is 0. The summed E-state index contributed by atoms with van der Waals surface area (Å²) in [6, 6.07) is 5.38. The van der Waals surface area contributed by atoms with Crippen LogP contribution in [0.1, 0.15) is 45.2 Å².